The lowest BCUT2D eigenvalue weighted by Gasteiger charge is -2.18. The molecule has 0 unspecified atom stereocenters. The van der Waals surface area contributed by atoms with Gasteiger partial charge in [-0.3, -0.25) is 0 Å². The molecule has 2 heteroatoms. The van der Waals surface area contributed by atoms with Crippen molar-refractivity contribution in [3.05, 3.63) is 157 Å². The Morgan fingerprint density at radius 1 is 0.370 bits per heavy atom. The first kappa shape index (κ1) is 26.0. The Labute approximate surface area is 274 Å². The van der Waals surface area contributed by atoms with Crippen LogP contribution in [0.5, 0.6) is 0 Å². The van der Waals surface area contributed by atoms with Gasteiger partial charge >= 0.3 is 0 Å². The van der Waals surface area contributed by atoms with Gasteiger partial charge in [-0.25, -0.2) is 0 Å². The summed E-state index contributed by atoms with van der Waals surface area (Å²) in [5.74, 6) is 0. The minimum absolute atomic E-state index is 1.25. The van der Waals surface area contributed by atoms with Crippen molar-refractivity contribution in [2.24, 2.45) is 0 Å². The molecule has 214 valence electrons. The minimum atomic E-state index is 1.25. The zero-order valence-corrected chi connectivity index (χ0v) is 26.5. The van der Waals surface area contributed by atoms with Crippen LogP contribution in [0, 0.1) is 0 Å². The van der Waals surface area contributed by atoms with Crippen LogP contribution in [0.4, 0.5) is 0 Å². The standard InChI is InChI=1S/C44H26S2/c1-2-12-28(13-3-1)40-31-15-6-8-17-33(31)41(34-18-9-7-16-32(34)40)36-19-10-20-37-42-39(46-43(36)37)24-23-35-38(26-45-44(35)42)30-22-21-27-11-4-5-14-29(27)25-30/h1-26H. The highest BCUT2D eigenvalue weighted by molar-refractivity contribution is 7.27. The zero-order chi connectivity index (χ0) is 30.2. The number of hydrogen-bond donors (Lipinski definition) is 0. The fourth-order valence-electron chi connectivity index (χ4n) is 7.49. The average Bonchev–Trinajstić information content (AvgIpc) is 3.72. The first-order valence-corrected chi connectivity index (χ1v) is 17.4. The van der Waals surface area contributed by atoms with E-state index < -0.39 is 0 Å². The number of benzene rings is 8. The van der Waals surface area contributed by atoms with Gasteiger partial charge in [-0.15, -0.1) is 22.7 Å². The van der Waals surface area contributed by atoms with E-state index in [4.69, 9.17) is 0 Å². The van der Waals surface area contributed by atoms with Crippen LogP contribution >= 0.6 is 22.7 Å². The third-order valence-electron chi connectivity index (χ3n) is 9.52. The summed E-state index contributed by atoms with van der Waals surface area (Å²) in [4.78, 5) is 0. The zero-order valence-electron chi connectivity index (χ0n) is 24.8. The molecule has 46 heavy (non-hydrogen) atoms. The van der Waals surface area contributed by atoms with Crippen LogP contribution in [0.25, 0.3) is 96.0 Å². The van der Waals surface area contributed by atoms with E-state index in [-0.39, 0.29) is 0 Å². The summed E-state index contributed by atoms with van der Waals surface area (Å²) in [6.45, 7) is 0. The highest BCUT2D eigenvalue weighted by Gasteiger charge is 2.20. The molecule has 0 saturated heterocycles. The summed E-state index contributed by atoms with van der Waals surface area (Å²) in [5, 5.41) is 14.1. The molecule has 0 aliphatic rings. The second kappa shape index (κ2) is 10.1. The first-order chi connectivity index (χ1) is 22.8. The van der Waals surface area contributed by atoms with Crippen LogP contribution in [0.15, 0.2) is 157 Å². The highest BCUT2D eigenvalue weighted by atomic mass is 32.1. The molecule has 0 N–H and O–H groups in total. The molecular formula is C44H26S2. The molecule has 0 saturated carbocycles. The molecule has 0 aliphatic heterocycles. The Balaban J connectivity index is 1.25. The molecule has 2 heterocycles. The van der Waals surface area contributed by atoms with Gasteiger partial charge in [-0.05, 0) is 72.1 Å². The molecule has 0 nitrogen and oxygen atoms in total. The smallest absolute Gasteiger partial charge is 0.0442 e. The largest absolute Gasteiger partial charge is 0.142 e. The monoisotopic (exact) mass is 618 g/mol. The lowest BCUT2D eigenvalue weighted by molar-refractivity contribution is 1.67. The van der Waals surface area contributed by atoms with Crippen molar-refractivity contribution in [1.82, 2.24) is 0 Å². The Morgan fingerprint density at radius 3 is 1.78 bits per heavy atom. The van der Waals surface area contributed by atoms with Crippen molar-refractivity contribution < 1.29 is 0 Å². The molecule has 0 radical (unpaired) electrons. The van der Waals surface area contributed by atoms with Crippen molar-refractivity contribution >= 4 is 85.2 Å². The molecule has 10 rings (SSSR count). The third-order valence-corrected chi connectivity index (χ3v) is 11.7. The van der Waals surface area contributed by atoms with E-state index in [9.17, 15) is 0 Å². The maximum atomic E-state index is 2.35. The van der Waals surface area contributed by atoms with Gasteiger partial charge in [0.05, 0.1) is 0 Å². The fourth-order valence-corrected chi connectivity index (χ4v) is 9.92. The third kappa shape index (κ3) is 3.78. The lowest BCUT2D eigenvalue weighted by atomic mass is 9.86. The molecule has 2 aromatic heterocycles. The Bertz CT molecular complexity index is 2740. The van der Waals surface area contributed by atoms with Crippen molar-refractivity contribution in [1.29, 1.82) is 0 Å². The molecule has 0 amide bonds. The normalized spacial score (nSPS) is 11.9. The van der Waals surface area contributed by atoms with E-state index in [2.05, 4.69) is 157 Å². The molecule has 10 aromatic rings. The van der Waals surface area contributed by atoms with Crippen LogP contribution in [0.3, 0.4) is 0 Å². The number of hydrogen-bond acceptors (Lipinski definition) is 2. The van der Waals surface area contributed by atoms with Gasteiger partial charge in [0, 0.05) is 41.4 Å². The van der Waals surface area contributed by atoms with Gasteiger partial charge in [0.25, 0.3) is 0 Å². The second-order valence-electron chi connectivity index (χ2n) is 12.0. The van der Waals surface area contributed by atoms with E-state index in [0.29, 0.717) is 0 Å². The van der Waals surface area contributed by atoms with Gasteiger partial charge in [0.15, 0.2) is 0 Å². The van der Waals surface area contributed by atoms with Crippen LogP contribution in [-0.2, 0) is 0 Å². The van der Waals surface area contributed by atoms with E-state index in [1.807, 2.05) is 22.7 Å². The topological polar surface area (TPSA) is 0 Å². The fraction of sp³-hybridized carbons (Fsp3) is 0. The van der Waals surface area contributed by atoms with Gasteiger partial charge in [0.1, 0.15) is 0 Å². The van der Waals surface area contributed by atoms with Crippen LogP contribution < -0.4 is 0 Å². The van der Waals surface area contributed by atoms with Gasteiger partial charge in [-0.1, -0.05) is 140 Å². The van der Waals surface area contributed by atoms with Crippen molar-refractivity contribution in [2.45, 2.75) is 0 Å². The summed E-state index contributed by atoms with van der Waals surface area (Å²) in [7, 11) is 0. The number of thiophene rings is 2. The summed E-state index contributed by atoms with van der Waals surface area (Å²) >= 11 is 3.81. The number of fused-ring (bicyclic) bond motifs is 8. The van der Waals surface area contributed by atoms with Crippen LogP contribution in [-0.4, -0.2) is 0 Å². The predicted molar refractivity (Wildman–Crippen MR) is 204 cm³/mol. The molecule has 0 bridgehead atoms. The Kier molecular flexibility index (Phi) is 5.72. The van der Waals surface area contributed by atoms with E-state index in [0.717, 1.165) is 0 Å². The van der Waals surface area contributed by atoms with E-state index in [1.54, 1.807) is 0 Å². The van der Waals surface area contributed by atoms with Crippen molar-refractivity contribution in [3.8, 4) is 33.4 Å². The first-order valence-electron chi connectivity index (χ1n) is 15.7. The summed E-state index contributed by atoms with van der Waals surface area (Å²) in [6.07, 6.45) is 0. The van der Waals surface area contributed by atoms with Gasteiger partial charge in [-0.2, -0.15) is 0 Å². The maximum Gasteiger partial charge on any atom is 0.0442 e. The van der Waals surface area contributed by atoms with Crippen LogP contribution in [0.1, 0.15) is 0 Å². The number of rotatable bonds is 3. The second-order valence-corrected chi connectivity index (χ2v) is 14.0. The quantitative estimate of drug-likeness (QED) is 0.173. The molecule has 0 aliphatic carbocycles. The van der Waals surface area contributed by atoms with Gasteiger partial charge in [0.2, 0.25) is 0 Å². The maximum absolute atomic E-state index is 2.35. The summed E-state index contributed by atoms with van der Waals surface area (Å²) in [6, 6.07) is 55.9. The minimum Gasteiger partial charge on any atom is -0.142 e. The Morgan fingerprint density at radius 2 is 1.02 bits per heavy atom. The predicted octanol–water partition coefficient (Wildman–Crippen LogP) is 13.7. The van der Waals surface area contributed by atoms with E-state index >= 15 is 0 Å². The average molecular weight is 619 g/mol. The molecule has 0 atom stereocenters. The van der Waals surface area contributed by atoms with Crippen molar-refractivity contribution in [3.63, 3.8) is 0 Å². The molecule has 8 aromatic carbocycles. The molecule has 0 fully saturated rings. The Hall–Kier alpha value is -5.28. The SMILES string of the molecule is c1ccc(-c2c3ccccc3c(-c3cccc4c3sc3ccc5c(-c6ccc7ccccc7c6)csc5c34)c3ccccc23)cc1. The highest BCUT2D eigenvalue weighted by Crippen LogP contribution is 2.50. The van der Waals surface area contributed by atoms with Crippen LogP contribution in [0.2, 0.25) is 0 Å². The van der Waals surface area contributed by atoms with E-state index in [1.165, 1.54) is 96.0 Å². The van der Waals surface area contributed by atoms with Crippen molar-refractivity contribution in [2.75, 3.05) is 0 Å². The lowest BCUT2D eigenvalue weighted by Crippen LogP contribution is -1.90. The summed E-state index contributed by atoms with van der Waals surface area (Å²) in [5.41, 5.74) is 7.79. The summed E-state index contributed by atoms with van der Waals surface area (Å²) < 4.78 is 4.07. The molecule has 0 spiro atoms. The molecular weight excluding hydrogens is 593 g/mol. The van der Waals surface area contributed by atoms with Gasteiger partial charge < -0.3 is 0 Å².